The Balaban J connectivity index is 2.23. The molecule has 1 nitrogen and oxygen atoms in total. The topological polar surface area (TPSA) is 9.23 Å². The Morgan fingerprint density at radius 1 is 1.13 bits per heavy atom. The average molecular weight is 317 g/mol. The van der Waals surface area contributed by atoms with Gasteiger partial charge in [-0.3, -0.25) is 0 Å². The molecule has 0 N–H and O–H groups in total. The van der Waals surface area contributed by atoms with Gasteiger partial charge in [0, 0.05) is 0 Å². The minimum absolute atomic E-state index is 0.215. The number of halogens is 1. The quantitative estimate of drug-likeness (QED) is 0.590. The molecule has 0 bridgehead atoms. The number of hydrogen-bond acceptors (Lipinski definition) is 1. The van der Waals surface area contributed by atoms with Crippen LogP contribution in [-0.2, 0) is 0 Å². The third-order valence-electron chi connectivity index (χ3n) is 2.15. The number of rotatable bonds is 5. The van der Waals surface area contributed by atoms with Crippen LogP contribution >= 0.6 is 0 Å². The Bertz CT molecular complexity index is 289. The van der Waals surface area contributed by atoms with Crippen LogP contribution in [0.4, 0.5) is 4.39 Å². The second-order valence-corrected chi connectivity index (χ2v) is 21.0. The van der Waals surface area contributed by atoms with Crippen LogP contribution in [0, 0.1) is 5.82 Å². The van der Waals surface area contributed by atoms with Crippen molar-refractivity contribution in [2.75, 3.05) is 6.61 Å². The molecule has 0 fully saturated rings. The van der Waals surface area contributed by atoms with Crippen molar-refractivity contribution >= 4 is 18.4 Å². The summed E-state index contributed by atoms with van der Waals surface area (Å²) in [5, 5.41) is 0. The summed E-state index contributed by atoms with van der Waals surface area (Å²) in [7, 11) is 0. The van der Waals surface area contributed by atoms with Crippen molar-refractivity contribution in [2.24, 2.45) is 0 Å². The van der Waals surface area contributed by atoms with Gasteiger partial charge in [-0.2, -0.15) is 0 Å². The fraction of sp³-hybridized carbons (Fsp3) is 0.500. The third kappa shape index (κ3) is 6.02. The van der Waals surface area contributed by atoms with E-state index >= 15 is 0 Å². The van der Waals surface area contributed by atoms with Gasteiger partial charge in [-0.15, -0.1) is 0 Å². The van der Waals surface area contributed by atoms with E-state index in [4.69, 9.17) is 4.74 Å². The zero-order valence-corrected chi connectivity index (χ0v) is 12.6. The molecule has 0 heterocycles. The molecule has 15 heavy (non-hydrogen) atoms. The Morgan fingerprint density at radius 3 is 2.27 bits per heavy atom. The SMILES string of the molecule is [CH3][Sn]([CH3])([CH3])[CH2]CCOc1ccc(F)cc1. The fourth-order valence-electron chi connectivity index (χ4n) is 1.32. The van der Waals surface area contributed by atoms with E-state index in [1.807, 2.05) is 0 Å². The van der Waals surface area contributed by atoms with Crippen LogP contribution in [0.15, 0.2) is 24.3 Å². The molecule has 0 spiro atoms. The molecule has 84 valence electrons. The molecule has 1 aromatic rings. The average Bonchev–Trinajstić information content (AvgIpc) is 2.14. The number of hydrogen-bond donors (Lipinski definition) is 0. The molecule has 0 unspecified atom stereocenters. The van der Waals surface area contributed by atoms with Gasteiger partial charge < -0.3 is 0 Å². The predicted octanol–water partition coefficient (Wildman–Crippen LogP) is 3.93. The summed E-state index contributed by atoms with van der Waals surface area (Å²) in [6, 6.07) is 6.21. The van der Waals surface area contributed by atoms with Gasteiger partial charge in [0.15, 0.2) is 0 Å². The first-order chi connectivity index (χ1) is 6.97. The van der Waals surface area contributed by atoms with Gasteiger partial charge in [-0.25, -0.2) is 0 Å². The molecular formula is C12H19FOSn. The van der Waals surface area contributed by atoms with E-state index in [1.54, 1.807) is 12.1 Å². The summed E-state index contributed by atoms with van der Waals surface area (Å²) in [6.45, 7) is 0.750. The van der Waals surface area contributed by atoms with Gasteiger partial charge in [0.05, 0.1) is 0 Å². The van der Waals surface area contributed by atoms with Crippen LogP contribution in [0.5, 0.6) is 5.75 Å². The molecule has 0 aliphatic heterocycles. The zero-order chi connectivity index (χ0) is 11.3. The molecule has 3 heteroatoms. The monoisotopic (exact) mass is 318 g/mol. The molecule has 0 saturated carbocycles. The van der Waals surface area contributed by atoms with Crippen LogP contribution in [0.3, 0.4) is 0 Å². The van der Waals surface area contributed by atoms with Gasteiger partial charge in [0.1, 0.15) is 0 Å². The van der Waals surface area contributed by atoms with Crippen LogP contribution in [-0.4, -0.2) is 25.0 Å². The first-order valence-electron chi connectivity index (χ1n) is 5.36. The van der Waals surface area contributed by atoms with Crippen molar-refractivity contribution in [3.05, 3.63) is 30.1 Å². The number of ether oxygens (including phenoxy) is 1. The molecule has 0 atom stereocenters. The summed E-state index contributed by atoms with van der Waals surface area (Å²) in [5.74, 6) is 0.550. The molecule has 0 saturated heterocycles. The summed E-state index contributed by atoms with van der Waals surface area (Å²) in [5.41, 5.74) is 0. The van der Waals surface area contributed by atoms with Crippen LogP contribution in [0.25, 0.3) is 0 Å². The van der Waals surface area contributed by atoms with E-state index < -0.39 is 18.4 Å². The van der Waals surface area contributed by atoms with Crippen molar-refractivity contribution in [1.82, 2.24) is 0 Å². The molecule has 0 aliphatic carbocycles. The molecule has 0 aromatic heterocycles. The molecule has 1 rings (SSSR count). The van der Waals surface area contributed by atoms with Crippen molar-refractivity contribution in [3.63, 3.8) is 0 Å². The van der Waals surface area contributed by atoms with Gasteiger partial charge in [0.2, 0.25) is 0 Å². The standard InChI is InChI=1S/C9H10FO.3CH3.Sn/c1-2-7-11-9-5-3-8(10)4-6-9;;;;/h3-6H,1-2,7H2;3*1H3;. The van der Waals surface area contributed by atoms with Crippen molar-refractivity contribution in [3.8, 4) is 5.75 Å². The first kappa shape index (κ1) is 12.8. The van der Waals surface area contributed by atoms with Crippen LogP contribution in [0.1, 0.15) is 6.42 Å². The van der Waals surface area contributed by atoms with Crippen molar-refractivity contribution < 1.29 is 9.13 Å². The maximum atomic E-state index is 12.6. The van der Waals surface area contributed by atoms with E-state index in [0.717, 1.165) is 18.8 Å². The summed E-state index contributed by atoms with van der Waals surface area (Å²) < 4.78 is 19.5. The summed E-state index contributed by atoms with van der Waals surface area (Å²) >= 11 is -1.61. The van der Waals surface area contributed by atoms with Crippen molar-refractivity contribution in [1.29, 1.82) is 0 Å². The van der Waals surface area contributed by atoms with Gasteiger partial charge in [-0.1, -0.05) is 0 Å². The van der Waals surface area contributed by atoms with E-state index in [-0.39, 0.29) is 5.82 Å². The summed E-state index contributed by atoms with van der Waals surface area (Å²) in [4.78, 5) is 7.27. The van der Waals surface area contributed by atoms with Crippen LogP contribution in [0.2, 0.25) is 19.3 Å². The Labute approximate surface area is 95.5 Å². The summed E-state index contributed by atoms with van der Waals surface area (Å²) in [6.07, 6.45) is 1.12. The van der Waals surface area contributed by atoms with Crippen LogP contribution < -0.4 is 4.74 Å². The molecule has 0 radical (unpaired) electrons. The van der Waals surface area contributed by atoms with Gasteiger partial charge in [-0.05, 0) is 0 Å². The second-order valence-electron chi connectivity index (χ2n) is 4.97. The minimum atomic E-state index is -1.61. The molecule has 1 aromatic carbocycles. The number of benzene rings is 1. The third-order valence-corrected chi connectivity index (χ3v) is 7.44. The van der Waals surface area contributed by atoms with Gasteiger partial charge >= 0.3 is 95.6 Å². The maximum absolute atomic E-state index is 12.6. The first-order valence-corrected chi connectivity index (χ1v) is 15.9. The Kier molecular flexibility index (Phi) is 4.90. The normalized spacial score (nSPS) is 11.5. The zero-order valence-electron chi connectivity index (χ0n) is 9.72. The molecule has 0 aliphatic rings. The molecular weight excluding hydrogens is 298 g/mol. The second kappa shape index (κ2) is 5.73. The van der Waals surface area contributed by atoms with E-state index in [2.05, 4.69) is 14.8 Å². The Morgan fingerprint density at radius 2 is 1.73 bits per heavy atom. The molecule has 0 amide bonds. The fourth-order valence-corrected chi connectivity index (χ4v) is 4.76. The van der Waals surface area contributed by atoms with E-state index in [0.29, 0.717) is 0 Å². The predicted molar refractivity (Wildman–Crippen MR) is 64.7 cm³/mol. The Hall–Kier alpha value is -0.251. The van der Waals surface area contributed by atoms with Crippen molar-refractivity contribution in [2.45, 2.75) is 25.7 Å². The van der Waals surface area contributed by atoms with Gasteiger partial charge in [0.25, 0.3) is 0 Å². The van der Waals surface area contributed by atoms with E-state index in [1.165, 1.54) is 16.6 Å². The van der Waals surface area contributed by atoms with E-state index in [9.17, 15) is 4.39 Å².